The molecular formula is C32H29BrN2O7S. The molecule has 0 N–H and O–H groups in total. The Bertz CT molecular complexity index is 1920. The summed E-state index contributed by atoms with van der Waals surface area (Å²) in [5, 5.41) is 0. The van der Waals surface area contributed by atoms with E-state index in [4.69, 9.17) is 23.6 Å². The van der Waals surface area contributed by atoms with E-state index in [9.17, 15) is 14.4 Å². The lowest BCUT2D eigenvalue weighted by molar-refractivity contribution is -0.139. The van der Waals surface area contributed by atoms with Crippen molar-refractivity contribution in [3.63, 3.8) is 0 Å². The van der Waals surface area contributed by atoms with Gasteiger partial charge in [0, 0.05) is 21.7 Å². The first-order chi connectivity index (χ1) is 20.8. The minimum absolute atomic E-state index is 0.178. The maximum atomic E-state index is 14.1. The molecule has 222 valence electrons. The molecule has 0 saturated carbocycles. The summed E-state index contributed by atoms with van der Waals surface area (Å²) < 4.78 is 24.7. The number of esters is 2. The van der Waals surface area contributed by atoms with Crippen LogP contribution in [0.25, 0.3) is 17.4 Å². The summed E-state index contributed by atoms with van der Waals surface area (Å²) >= 11 is 4.74. The lowest BCUT2D eigenvalue weighted by atomic mass is 9.93. The number of carbonyl (C=O) groups excluding carboxylic acids is 2. The van der Waals surface area contributed by atoms with E-state index in [0.717, 1.165) is 10.9 Å². The molecule has 0 radical (unpaired) electrons. The maximum Gasteiger partial charge on any atom is 0.338 e. The van der Waals surface area contributed by atoms with Crippen LogP contribution in [0.15, 0.2) is 84.5 Å². The summed E-state index contributed by atoms with van der Waals surface area (Å²) in [6.45, 7) is 3.92. The highest BCUT2D eigenvalue weighted by molar-refractivity contribution is 9.10. The van der Waals surface area contributed by atoms with Crippen molar-refractivity contribution in [2.45, 2.75) is 32.7 Å². The van der Waals surface area contributed by atoms with Crippen LogP contribution in [0.5, 0.6) is 5.75 Å². The third-order valence-electron chi connectivity index (χ3n) is 6.85. The van der Waals surface area contributed by atoms with Crippen LogP contribution in [0.1, 0.15) is 54.4 Å². The molecule has 1 aliphatic rings. The van der Waals surface area contributed by atoms with Crippen LogP contribution in [0.3, 0.4) is 0 Å². The average Bonchev–Trinajstić information content (AvgIpc) is 3.60. The van der Waals surface area contributed by atoms with E-state index in [0.29, 0.717) is 61.0 Å². The van der Waals surface area contributed by atoms with Gasteiger partial charge in [-0.2, -0.15) is 0 Å². The Kier molecular flexibility index (Phi) is 9.12. The summed E-state index contributed by atoms with van der Waals surface area (Å²) in [6, 6.07) is 15.1. The molecule has 2 aromatic heterocycles. The number of methoxy groups -OCH3 is 2. The van der Waals surface area contributed by atoms with Gasteiger partial charge in [-0.1, -0.05) is 52.7 Å². The molecule has 2 aromatic carbocycles. The zero-order valence-corrected chi connectivity index (χ0v) is 26.4. The fraction of sp³-hybridized carbons (Fsp3) is 0.250. The van der Waals surface area contributed by atoms with Crippen LogP contribution < -0.4 is 19.6 Å². The van der Waals surface area contributed by atoms with Crippen LogP contribution in [0.2, 0.25) is 0 Å². The zero-order chi connectivity index (χ0) is 30.7. The maximum absolute atomic E-state index is 14.1. The normalized spacial score (nSPS) is 14.7. The number of thiazole rings is 1. The first-order valence-electron chi connectivity index (χ1n) is 13.6. The summed E-state index contributed by atoms with van der Waals surface area (Å²) in [7, 11) is 2.88. The van der Waals surface area contributed by atoms with E-state index < -0.39 is 18.0 Å². The van der Waals surface area contributed by atoms with Crippen molar-refractivity contribution in [2.75, 3.05) is 20.8 Å². The second-order valence-electron chi connectivity index (χ2n) is 9.57. The molecular weight excluding hydrogens is 636 g/mol. The average molecular weight is 666 g/mol. The molecule has 0 bridgehead atoms. The van der Waals surface area contributed by atoms with Crippen LogP contribution >= 0.6 is 27.3 Å². The predicted molar refractivity (Wildman–Crippen MR) is 166 cm³/mol. The fourth-order valence-electron chi connectivity index (χ4n) is 4.97. The molecule has 0 spiro atoms. The van der Waals surface area contributed by atoms with Crippen molar-refractivity contribution < 1.29 is 28.2 Å². The highest BCUT2D eigenvalue weighted by Gasteiger charge is 2.36. The van der Waals surface area contributed by atoms with Gasteiger partial charge in [0.2, 0.25) is 0 Å². The third kappa shape index (κ3) is 6.00. The number of furan rings is 1. The molecule has 0 fully saturated rings. The summed E-state index contributed by atoms with van der Waals surface area (Å²) in [4.78, 5) is 44.7. The lowest BCUT2D eigenvalue weighted by Gasteiger charge is -2.27. The summed E-state index contributed by atoms with van der Waals surface area (Å²) in [6.07, 6.45) is 2.92. The molecule has 5 rings (SSSR count). The number of halogens is 1. The van der Waals surface area contributed by atoms with Gasteiger partial charge in [-0.25, -0.2) is 14.6 Å². The van der Waals surface area contributed by atoms with E-state index in [-0.39, 0.29) is 12.2 Å². The second-order valence-corrected chi connectivity index (χ2v) is 11.5. The van der Waals surface area contributed by atoms with E-state index in [1.807, 2.05) is 25.1 Å². The summed E-state index contributed by atoms with van der Waals surface area (Å²) in [5.41, 5.74) is 2.26. The molecule has 1 atom stereocenters. The van der Waals surface area contributed by atoms with Crippen molar-refractivity contribution in [3.8, 4) is 17.1 Å². The molecule has 0 saturated heterocycles. The minimum Gasteiger partial charge on any atom is -0.496 e. The predicted octanol–water partition coefficient (Wildman–Crippen LogP) is 5.40. The SMILES string of the molecule is CCCC1=C(C(=O)OCC)[C@@H](c2cc(Br)ccc2OC)n2c(s/c(=C/c3ccc(-c4cccc(C(=O)OC)c4)o3)c2=O)=N1. The third-order valence-corrected chi connectivity index (χ3v) is 8.32. The van der Waals surface area contributed by atoms with Crippen molar-refractivity contribution in [2.24, 2.45) is 4.99 Å². The number of allylic oxidation sites excluding steroid dienone is 1. The van der Waals surface area contributed by atoms with Gasteiger partial charge in [0.25, 0.3) is 5.56 Å². The fourth-order valence-corrected chi connectivity index (χ4v) is 6.34. The van der Waals surface area contributed by atoms with E-state index in [2.05, 4.69) is 15.9 Å². The first kappa shape index (κ1) is 30.2. The molecule has 3 heterocycles. The van der Waals surface area contributed by atoms with Crippen molar-refractivity contribution in [1.29, 1.82) is 0 Å². The van der Waals surface area contributed by atoms with Crippen LogP contribution in [-0.2, 0) is 14.3 Å². The minimum atomic E-state index is -0.820. The number of fused-ring (bicyclic) bond motifs is 1. The molecule has 9 nitrogen and oxygen atoms in total. The molecule has 11 heteroatoms. The second kappa shape index (κ2) is 13.0. The van der Waals surface area contributed by atoms with Gasteiger partial charge in [-0.15, -0.1) is 0 Å². The molecule has 0 unspecified atom stereocenters. The van der Waals surface area contributed by atoms with Gasteiger partial charge in [0.05, 0.1) is 42.2 Å². The van der Waals surface area contributed by atoms with Gasteiger partial charge < -0.3 is 18.6 Å². The molecule has 4 aromatic rings. The topological polar surface area (TPSA) is 109 Å². The van der Waals surface area contributed by atoms with E-state index >= 15 is 0 Å². The first-order valence-corrected chi connectivity index (χ1v) is 15.2. The van der Waals surface area contributed by atoms with Crippen molar-refractivity contribution >= 4 is 45.3 Å². The van der Waals surface area contributed by atoms with Crippen LogP contribution in [0, 0.1) is 0 Å². The Morgan fingerprint density at radius 3 is 2.63 bits per heavy atom. The van der Waals surface area contributed by atoms with Crippen LogP contribution in [-0.4, -0.2) is 37.3 Å². The molecule has 0 aliphatic carbocycles. The Morgan fingerprint density at radius 1 is 1.09 bits per heavy atom. The monoisotopic (exact) mass is 664 g/mol. The molecule has 43 heavy (non-hydrogen) atoms. The Morgan fingerprint density at radius 2 is 1.91 bits per heavy atom. The Balaban J connectivity index is 1.67. The quantitative estimate of drug-likeness (QED) is 0.221. The largest absolute Gasteiger partial charge is 0.496 e. The van der Waals surface area contributed by atoms with Crippen LogP contribution in [0.4, 0.5) is 0 Å². The number of carbonyl (C=O) groups is 2. The number of rotatable bonds is 9. The Labute approximate surface area is 259 Å². The number of ether oxygens (including phenoxy) is 3. The van der Waals surface area contributed by atoms with E-state index in [1.54, 1.807) is 56.5 Å². The molecule has 1 aliphatic heterocycles. The van der Waals surface area contributed by atoms with E-state index in [1.165, 1.54) is 23.0 Å². The van der Waals surface area contributed by atoms with Crippen molar-refractivity contribution in [1.82, 2.24) is 4.57 Å². The zero-order valence-electron chi connectivity index (χ0n) is 24.0. The number of aromatic nitrogens is 1. The van der Waals surface area contributed by atoms with Gasteiger partial charge in [-0.3, -0.25) is 9.36 Å². The highest BCUT2D eigenvalue weighted by atomic mass is 79.9. The number of hydrogen-bond acceptors (Lipinski definition) is 9. The van der Waals surface area contributed by atoms with Gasteiger partial charge in [-0.05, 0) is 55.8 Å². The smallest absolute Gasteiger partial charge is 0.338 e. The highest BCUT2D eigenvalue weighted by Crippen LogP contribution is 2.38. The van der Waals surface area contributed by atoms with Gasteiger partial charge in [0.1, 0.15) is 23.3 Å². The number of benzene rings is 2. The standard InChI is InChI=1S/C32H29BrN2O7S/c1-5-8-23-27(31(38)41-6-2)28(22-16-20(33)11-13-25(22)39-3)35-29(36)26(43-32(35)34-23)17-21-12-14-24(42-21)18-9-7-10-19(15-18)30(37)40-4/h7,9-17,28H,5-6,8H2,1-4H3/b26-17+/t28-/m1/s1. The molecule has 0 amide bonds. The number of nitrogens with zero attached hydrogens (tertiary/aromatic N) is 2. The van der Waals surface area contributed by atoms with Gasteiger partial charge in [0.15, 0.2) is 4.80 Å². The lowest BCUT2D eigenvalue weighted by Crippen LogP contribution is -2.40. The van der Waals surface area contributed by atoms with Gasteiger partial charge >= 0.3 is 11.9 Å². The Hall–Kier alpha value is -4.22. The summed E-state index contributed by atoms with van der Waals surface area (Å²) in [5.74, 6) is 0.513. The number of hydrogen-bond donors (Lipinski definition) is 0. The van der Waals surface area contributed by atoms with Crippen molar-refractivity contribution in [3.05, 3.63) is 107 Å².